The number of carbonyl (C=O) groups excluding carboxylic acids is 2. The van der Waals surface area contributed by atoms with Gasteiger partial charge in [-0.05, 0) is 50.5 Å². The Morgan fingerprint density at radius 3 is 2.25 bits per heavy atom. The van der Waals surface area contributed by atoms with E-state index < -0.39 is 28.5 Å². The Morgan fingerprint density at radius 1 is 1.08 bits per heavy atom. The quantitative estimate of drug-likeness (QED) is 0.439. The highest BCUT2D eigenvalue weighted by Crippen LogP contribution is 2.33. The van der Waals surface area contributed by atoms with Crippen LogP contribution < -0.4 is 14.4 Å². The van der Waals surface area contributed by atoms with Crippen LogP contribution in [0, 0.1) is 6.92 Å². The molecule has 0 radical (unpaired) electrons. The number of carbonyl (C=O) groups is 2. The summed E-state index contributed by atoms with van der Waals surface area (Å²) >= 11 is 6.14. The Labute approximate surface area is 219 Å². The molecular weight excluding hydrogens is 502 g/mol. The molecule has 2 atom stereocenters. The lowest BCUT2D eigenvalue weighted by molar-refractivity contribution is -0.140. The fourth-order valence-electron chi connectivity index (χ4n) is 3.70. The van der Waals surface area contributed by atoms with Gasteiger partial charge in [0.25, 0.3) is 0 Å². The van der Waals surface area contributed by atoms with Crippen LogP contribution in [0.3, 0.4) is 0 Å². The zero-order valence-electron chi connectivity index (χ0n) is 21.7. The molecule has 0 spiro atoms. The number of hydrogen-bond donors (Lipinski definition) is 1. The van der Waals surface area contributed by atoms with E-state index in [-0.39, 0.29) is 29.9 Å². The third kappa shape index (κ3) is 7.86. The summed E-state index contributed by atoms with van der Waals surface area (Å²) < 4.78 is 31.9. The first-order valence-corrected chi connectivity index (χ1v) is 14.1. The number of aryl methyl sites for hydroxylation is 1. The summed E-state index contributed by atoms with van der Waals surface area (Å²) in [5.41, 5.74) is 2.04. The molecule has 2 aromatic rings. The minimum Gasteiger partial charge on any atom is -0.495 e. The molecule has 198 valence electrons. The van der Waals surface area contributed by atoms with Gasteiger partial charge in [0, 0.05) is 17.6 Å². The van der Waals surface area contributed by atoms with E-state index in [2.05, 4.69) is 5.32 Å². The summed E-state index contributed by atoms with van der Waals surface area (Å²) in [6.07, 6.45) is 2.11. The van der Waals surface area contributed by atoms with Gasteiger partial charge in [0.1, 0.15) is 18.3 Å². The molecule has 0 saturated carbocycles. The Kier molecular flexibility index (Phi) is 10.6. The molecule has 0 aliphatic carbocycles. The molecule has 0 aliphatic rings. The Hall–Kier alpha value is -2.78. The van der Waals surface area contributed by atoms with Crippen LogP contribution in [0.4, 0.5) is 5.69 Å². The van der Waals surface area contributed by atoms with E-state index in [0.717, 1.165) is 28.1 Å². The van der Waals surface area contributed by atoms with Gasteiger partial charge in [-0.1, -0.05) is 55.3 Å². The average Bonchev–Trinajstić information content (AvgIpc) is 2.82. The maximum atomic E-state index is 13.8. The second-order valence-corrected chi connectivity index (χ2v) is 11.2. The fourth-order valence-corrected chi connectivity index (χ4v) is 4.71. The van der Waals surface area contributed by atoms with E-state index >= 15 is 0 Å². The number of hydrogen-bond acceptors (Lipinski definition) is 5. The van der Waals surface area contributed by atoms with Crippen molar-refractivity contribution in [2.75, 3.05) is 24.2 Å². The van der Waals surface area contributed by atoms with Crippen molar-refractivity contribution in [3.05, 3.63) is 58.6 Å². The maximum Gasteiger partial charge on any atom is 0.244 e. The SMILES string of the molecule is CC[C@@H](C)NC(=O)[C@@H](CC)N(Cc1ccc(C)cc1)C(=O)CN(c1cc(Cl)ccc1OC)S(C)(=O)=O. The molecule has 0 saturated heterocycles. The Morgan fingerprint density at radius 2 is 1.72 bits per heavy atom. The monoisotopic (exact) mass is 537 g/mol. The lowest BCUT2D eigenvalue weighted by Crippen LogP contribution is -2.53. The number of sulfonamides is 1. The molecule has 0 aromatic heterocycles. The second-order valence-electron chi connectivity index (χ2n) is 8.83. The zero-order valence-corrected chi connectivity index (χ0v) is 23.3. The van der Waals surface area contributed by atoms with Crippen molar-refractivity contribution >= 4 is 39.1 Å². The van der Waals surface area contributed by atoms with Crippen LogP contribution in [0.2, 0.25) is 5.02 Å². The number of rotatable bonds is 12. The van der Waals surface area contributed by atoms with E-state index in [1.807, 2.05) is 52.0 Å². The lowest BCUT2D eigenvalue weighted by atomic mass is 10.1. The van der Waals surface area contributed by atoms with Crippen LogP contribution in [0.5, 0.6) is 5.75 Å². The van der Waals surface area contributed by atoms with Crippen molar-refractivity contribution < 1.29 is 22.7 Å². The standard InChI is InChI=1S/C26H36ClN3O5S/c1-7-19(4)28-26(32)22(8-2)29(16-20-11-9-18(3)10-12-20)25(31)17-30(36(6,33)34)23-15-21(27)13-14-24(23)35-5/h9-15,19,22H,7-8,16-17H2,1-6H3,(H,28,32)/t19-,22-/m1/s1. The minimum absolute atomic E-state index is 0.0638. The lowest BCUT2D eigenvalue weighted by Gasteiger charge is -2.33. The second kappa shape index (κ2) is 13.0. The predicted molar refractivity (Wildman–Crippen MR) is 144 cm³/mol. The zero-order chi connectivity index (χ0) is 27.0. The van der Waals surface area contributed by atoms with Crippen molar-refractivity contribution in [1.29, 1.82) is 0 Å². The van der Waals surface area contributed by atoms with Gasteiger partial charge in [0.2, 0.25) is 21.8 Å². The molecule has 8 nitrogen and oxygen atoms in total. The highest BCUT2D eigenvalue weighted by Gasteiger charge is 2.33. The number of anilines is 1. The fraction of sp³-hybridized carbons (Fsp3) is 0.462. The maximum absolute atomic E-state index is 13.8. The van der Waals surface area contributed by atoms with Gasteiger partial charge in [0.05, 0.1) is 19.1 Å². The van der Waals surface area contributed by atoms with Crippen molar-refractivity contribution in [3.8, 4) is 5.75 Å². The number of methoxy groups -OCH3 is 1. The smallest absolute Gasteiger partial charge is 0.244 e. The topological polar surface area (TPSA) is 96.0 Å². The van der Waals surface area contributed by atoms with Gasteiger partial charge < -0.3 is 15.0 Å². The summed E-state index contributed by atoms with van der Waals surface area (Å²) in [5.74, 6) is -0.544. The molecule has 36 heavy (non-hydrogen) atoms. The van der Waals surface area contributed by atoms with Crippen molar-refractivity contribution in [2.45, 2.75) is 59.2 Å². The molecule has 10 heteroatoms. The Balaban J connectivity index is 2.50. The van der Waals surface area contributed by atoms with Gasteiger partial charge in [-0.2, -0.15) is 0 Å². The molecular formula is C26H36ClN3O5S. The first-order chi connectivity index (χ1) is 16.9. The summed E-state index contributed by atoms with van der Waals surface area (Å²) in [7, 11) is -2.50. The first kappa shape index (κ1) is 29.5. The van der Waals surface area contributed by atoms with Gasteiger partial charge >= 0.3 is 0 Å². The minimum atomic E-state index is -3.90. The van der Waals surface area contributed by atoms with Crippen molar-refractivity contribution in [2.24, 2.45) is 0 Å². The van der Waals surface area contributed by atoms with Crippen LogP contribution in [-0.2, 0) is 26.2 Å². The summed E-state index contributed by atoms with van der Waals surface area (Å²) in [6.45, 7) is 7.27. The molecule has 2 aromatic carbocycles. The molecule has 1 N–H and O–H groups in total. The van der Waals surface area contributed by atoms with Crippen molar-refractivity contribution in [1.82, 2.24) is 10.2 Å². The van der Waals surface area contributed by atoms with Gasteiger partial charge in [-0.25, -0.2) is 8.42 Å². The van der Waals surface area contributed by atoms with Gasteiger partial charge in [-0.3, -0.25) is 13.9 Å². The highest BCUT2D eigenvalue weighted by molar-refractivity contribution is 7.92. The molecule has 0 aliphatic heterocycles. The van der Waals surface area contributed by atoms with E-state index in [1.165, 1.54) is 18.1 Å². The number of nitrogens with one attached hydrogen (secondary N) is 1. The normalized spacial score (nSPS) is 13.0. The van der Waals surface area contributed by atoms with E-state index in [0.29, 0.717) is 11.4 Å². The third-order valence-electron chi connectivity index (χ3n) is 5.95. The largest absolute Gasteiger partial charge is 0.495 e. The molecule has 2 amide bonds. The number of amides is 2. The number of nitrogens with zero attached hydrogens (tertiary/aromatic N) is 2. The molecule has 0 bridgehead atoms. The molecule has 0 heterocycles. The Bertz CT molecular complexity index is 1150. The van der Waals surface area contributed by atoms with Gasteiger partial charge in [-0.15, -0.1) is 0 Å². The van der Waals surface area contributed by atoms with Crippen LogP contribution in [0.25, 0.3) is 0 Å². The molecule has 0 fully saturated rings. The number of benzene rings is 2. The van der Waals surface area contributed by atoms with Crippen LogP contribution in [-0.4, -0.2) is 57.1 Å². The van der Waals surface area contributed by atoms with E-state index in [9.17, 15) is 18.0 Å². The third-order valence-corrected chi connectivity index (χ3v) is 7.31. The van der Waals surface area contributed by atoms with Gasteiger partial charge in [0.15, 0.2) is 0 Å². The van der Waals surface area contributed by atoms with Crippen LogP contribution in [0.1, 0.15) is 44.7 Å². The molecule has 0 unspecified atom stereocenters. The highest BCUT2D eigenvalue weighted by atomic mass is 35.5. The number of halogens is 1. The van der Waals surface area contributed by atoms with Crippen molar-refractivity contribution in [3.63, 3.8) is 0 Å². The first-order valence-electron chi connectivity index (χ1n) is 11.9. The molecule has 2 rings (SSSR count). The number of ether oxygens (including phenoxy) is 1. The van der Waals surface area contributed by atoms with Crippen LogP contribution in [0.15, 0.2) is 42.5 Å². The summed E-state index contributed by atoms with van der Waals surface area (Å²) in [4.78, 5) is 28.4. The van der Waals surface area contributed by atoms with E-state index in [4.69, 9.17) is 16.3 Å². The summed E-state index contributed by atoms with van der Waals surface area (Å²) in [5, 5.41) is 3.24. The summed E-state index contributed by atoms with van der Waals surface area (Å²) in [6, 6.07) is 11.3. The van der Waals surface area contributed by atoms with Crippen LogP contribution >= 0.6 is 11.6 Å². The predicted octanol–water partition coefficient (Wildman–Crippen LogP) is 4.15. The average molecular weight is 538 g/mol. The van der Waals surface area contributed by atoms with E-state index in [1.54, 1.807) is 12.1 Å².